The number of carbonyl (C=O) groups is 1. The third-order valence-electron chi connectivity index (χ3n) is 2.96. The van der Waals surface area contributed by atoms with Gasteiger partial charge in [-0.25, -0.2) is 4.79 Å². The van der Waals surface area contributed by atoms with Crippen molar-refractivity contribution in [3.8, 4) is 0 Å². The highest BCUT2D eigenvalue weighted by molar-refractivity contribution is 6.09. The van der Waals surface area contributed by atoms with Gasteiger partial charge in [-0.3, -0.25) is 0 Å². The Balaban J connectivity index is 3.68. The lowest BCUT2D eigenvalue weighted by atomic mass is 10.2. The fourth-order valence-corrected chi connectivity index (χ4v) is 2.06. The standard InChI is InChI=1S/C13H27ClNO/c1-3-5-7-9-11-15(14,13-16)12-10-8-6-4-2/h13H,3-12H2,1-2H3/q+1. The van der Waals surface area contributed by atoms with Crippen LogP contribution in [0, 0.1) is 0 Å². The molecule has 0 bridgehead atoms. The van der Waals surface area contributed by atoms with E-state index in [0.717, 1.165) is 32.3 Å². The van der Waals surface area contributed by atoms with Crippen LogP contribution in [0.5, 0.6) is 0 Å². The summed E-state index contributed by atoms with van der Waals surface area (Å²) in [6.07, 6.45) is 10.3. The molecule has 0 saturated carbocycles. The van der Waals surface area contributed by atoms with Crippen molar-refractivity contribution in [2.45, 2.75) is 65.2 Å². The largest absolute Gasteiger partial charge is 0.319 e. The minimum Gasteiger partial charge on any atom is -0.232 e. The van der Waals surface area contributed by atoms with Gasteiger partial charge >= 0.3 is 6.41 Å². The van der Waals surface area contributed by atoms with Gasteiger partial charge in [0.25, 0.3) is 0 Å². The molecule has 0 aliphatic rings. The van der Waals surface area contributed by atoms with E-state index < -0.39 is 0 Å². The van der Waals surface area contributed by atoms with Crippen LogP contribution in [0.15, 0.2) is 0 Å². The van der Waals surface area contributed by atoms with Gasteiger partial charge in [0, 0.05) is 0 Å². The van der Waals surface area contributed by atoms with Gasteiger partial charge in [0.15, 0.2) is 11.8 Å². The van der Waals surface area contributed by atoms with Crippen LogP contribution in [0.4, 0.5) is 0 Å². The highest BCUT2D eigenvalue weighted by Crippen LogP contribution is 2.15. The van der Waals surface area contributed by atoms with Gasteiger partial charge < -0.3 is 0 Å². The third-order valence-corrected chi connectivity index (χ3v) is 3.37. The number of unbranched alkanes of at least 4 members (excludes halogenated alkanes) is 6. The van der Waals surface area contributed by atoms with Crippen molar-refractivity contribution in [2.75, 3.05) is 13.1 Å². The van der Waals surface area contributed by atoms with E-state index in [2.05, 4.69) is 13.8 Å². The van der Waals surface area contributed by atoms with Crippen molar-refractivity contribution in [2.24, 2.45) is 0 Å². The van der Waals surface area contributed by atoms with Crippen molar-refractivity contribution in [3.63, 3.8) is 0 Å². The number of quaternary nitrogens is 1. The van der Waals surface area contributed by atoms with Gasteiger partial charge in [-0.1, -0.05) is 39.5 Å². The Kier molecular flexibility index (Phi) is 10.0. The van der Waals surface area contributed by atoms with Gasteiger partial charge in [0.2, 0.25) is 0 Å². The average molecular weight is 249 g/mol. The second kappa shape index (κ2) is 10.1. The van der Waals surface area contributed by atoms with Crippen LogP contribution < -0.4 is 0 Å². The van der Waals surface area contributed by atoms with E-state index in [-0.39, 0.29) is 4.00 Å². The lowest BCUT2D eigenvalue weighted by Gasteiger charge is -2.21. The summed E-state index contributed by atoms with van der Waals surface area (Å²) in [7, 11) is 0. The molecule has 0 rings (SSSR count). The first-order chi connectivity index (χ1) is 7.68. The second-order valence-electron chi connectivity index (χ2n) is 4.60. The summed E-state index contributed by atoms with van der Waals surface area (Å²) in [5.74, 6) is 0. The zero-order valence-electron chi connectivity index (χ0n) is 10.9. The third kappa shape index (κ3) is 8.12. The van der Waals surface area contributed by atoms with Crippen LogP contribution >= 0.6 is 11.8 Å². The van der Waals surface area contributed by atoms with Crippen molar-refractivity contribution in [1.29, 1.82) is 0 Å². The smallest absolute Gasteiger partial charge is 0.232 e. The monoisotopic (exact) mass is 248 g/mol. The average Bonchev–Trinajstić information content (AvgIpc) is 2.31. The molecule has 0 atom stereocenters. The van der Waals surface area contributed by atoms with Crippen LogP contribution in [0.1, 0.15) is 65.2 Å². The predicted molar refractivity (Wildman–Crippen MR) is 70.2 cm³/mol. The van der Waals surface area contributed by atoms with Gasteiger partial charge in [-0.05, 0) is 25.7 Å². The van der Waals surface area contributed by atoms with Crippen LogP contribution in [-0.4, -0.2) is 23.5 Å². The number of carbonyl (C=O) groups excluding carboxylic acids is 1. The second-order valence-corrected chi connectivity index (χ2v) is 5.27. The topological polar surface area (TPSA) is 17.1 Å². The Labute approximate surface area is 106 Å². The maximum Gasteiger partial charge on any atom is 0.319 e. The van der Waals surface area contributed by atoms with Crippen molar-refractivity contribution >= 4 is 18.2 Å². The molecule has 2 nitrogen and oxygen atoms in total. The summed E-state index contributed by atoms with van der Waals surface area (Å²) in [4.78, 5) is 11.0. The SMILES string of the molecule is CCCCCC[N+](Cl)(C=O)CCCCCC. The first kappa shape index (κ1) is 15.9. The summed E-state index contributed by atoms with van der Waals surface area (Å²) < 4.78 is 0.0907. The fourth-order valence-electron chi connectivity index (χ4n) is 1.82. The van der Waals surface area contributed by atoms with Crippen molar-refractivity contribution < 1.29 is 8.80 Å². The molecular weight excluding hydrogens is 222 g/mol. The molecule has 0 heterocycles. The van der Waals surface area contributed by atoms with Gasteiger partial charge in [-0.2, -0.15) is 4.00 Å². The number of rotatable bonds is 11. The van der Waals surface area contributed by atoms with E-state index in [0.29, 0.717) is 0 Å². The molecule has 0 radical (unpaired) electrons. The molecule has 0 N–H and O–H groups in total. The maximum absolute atomic E-state index is 11.0. The molecule has 0 aromatic carbocycles. The van der Waals surface area contributed by atoms with E-state index in [1.54, 1.807) is 0 Å². The molecule has 0 unspecified atom stereocenters. The van der Waals surface area contributed by atoms with E-state index in [4.69, 9.17) is 11.8 Å². The molecule has 0 aliphatic heterocycles. The van der Waals surface area contributed by atoms with Gasteiger partial charge in [-0.15, -0.1) is 0 Å². The van der Waals surface area contributed by atoms with Crippen LogP contribution in [0.3, 0.4) is 0 Å². The minimum absolute atomic E-state index is 0.0907. The Morgan fingerprint density at radius 1 is 0.875 bits per heavy atom. The molecule has 0 aliphatic carbocycles. The molecular formula is C13H27ClNO+. The molecule has 0 fully saturated rings. The summed E-state index contributed by atoms with van der Waals surface area (Å²) in [6.45, 7) is 5.95. The highest BCUT2D eigenvalue weighted by Gasteiger charge is 2.23. The van der Waals surface area contributed by atoms with E-state index in [1.807, 2.05) is 0 Å². The molecule has 0 aromatic rings. The Bertz CT molecular complexity index is 161. The van der Waals surface area contributed by atoms with Crippen LogP contribution in [0.2, 0.25) is 0 Å². The van der Waals surface area contributed by atoms with E-state index in [1.165, 1.54) is 38.5 Å². The van der Waals surface area contributed by atoms with Crippen LogP contribution in [-0.2, 0) is 4.79 Å². The lowest BCUT2D eigenvalue weighted by Crippen LogP contribution is -2.38. The fraction of sp³-hybridized carbons (Fsp3) is 0.923. The normalized spacial score (nSPS) is 11.7. The Morgan fingerprint density at radius 3 is 1.62 bits per heavy atom. The first-order valence-corrected chi connectivity index (χ1v) is 7.05. The Morgan fingerprint density at radius 2 is 1.31 bits per heavy atom. The summed E-state index contributed by atoms with van der Waals surface area (Å²) in [5, 5.41) is 0. The Hall–Kier alpha value is -0.0800. The lowest BCUT2D eigenvalue weighted by molar-refractivity contribution is -0.727. The molecule has 0 aromatic heterocycles. The zero-order chi connectivity index (χ0) is 12.3. The zero-order valence-corrected chi connectivity index (χ0v) is 11.6. The number of nitrogens with zero attached hydrogens (tertiary/aromatic N) is 1. The van der Waals surface area contributed by atoms with E-state index in [9.17, 15) is 4.79 Å². The first-order valence-electron chi connectivity index (χ1n) is 6.71. The van der Waals surface area contributed by atoms with Crippen molar-refractivity contribution in [3.05, 3.63) is 0 Å². The molecule has 0 saturated heterocycles. The van der Waals surface area contributed by atoms with Crippen LogP contribution in [0.25, 0.3) is 0 Å². The summed E-state index contributed by atoms with van der Waals surface area (Å²) in [5.41, 5.74) is 0. The summed E-state index contributed by atoms with van der Waals surface area (Å²) in [6, 6.07) is 0. The summed E-state index contributed by atoms with van der Waals surface area (Å²) >= 11 is 6.25. The maximum atomic E-state index is 11.0. The van der Waals surface area contributed by atoms with E-state index >= 15 is 0 Å². The molecule has 16 heavy (non-hydrogen) atoms. The molecule has 96 valence electrons. The highest BCUT2D eigenvalue weighted by atomic mass is 35.5. The minimum atomic E-state index is 0.0907. The number of amides is 1. The molecule has 3 heteroatoms. The number of hydrogen-bond acceptors (Lipinski definition) is 1. The molecule has 1 amide bonds. The number of halogens is 1. The quantitative estimate of drug-likeness (QED) is 0.303. The number of hydrogen-bond donors (Lipinski definition) is 0. The molecule has 0 spiro atoms. The van der Waals surface area contributed by atoms with Gasteiger partial charge in [0.1, 0.15) is 13.1 Å². The predicted octanol–water partition coefficient (Wildman–Crippen LogP) is 4.27. The van der Waals surface area contributed by atoms with Crippen molar-refractivity contribution in [1.82, 2.24) is 0 Å². The van der Waals surface area contributed by atoms with Gasteiger partial charge in [0.05, 0.1) is 0 Å².